The van der Waals surface area contributed by atoms with Crippen molar-refractivity contribution < 1.29 is 15.1 Å². The van der Waals surface area contributed by atoms with Crippen LogP contribution in [0.2, 0.25) is 0 Å². The summed E-state index contributed by atoms with van der Waals surface area (Å²) in [5.74, 6) is -0.0791. The van der Waals surface area contributed by atoms with Crippen molar-refractivity contribution in [2.24, 2.45) is 0 Å². The van der Waals surface area contributed by atoms with Gasteiger partial charge in [-0.2, -0.15) is 0 Å². The highest BCUT2D eigenvalue weighted by Gasteiger charge is 2.23. The monoisotopic (exact) mass is 371 g/mol. The van der Waals surface area contributed by atoms with Gasteiger partial charge >= 0.3 is 0 Å². The van der Waals surface area contributed by atoms with Crippen LogP contribution in [0, 0.1) is 0 Å². The molecular weight excluding hydrogens is 346 g/mol. The molecule has 1 atom stereocenters. The van der Waals surface area contributed by atoms with Crippen molar-refractivity contribution in [2.45, 2.75) is 18.9 Å². The number of nitrogens with zero attached hydrogens (tertiary/aromatic N) is 4. The van der Waals surface area contributed by atoms with Crippen LogP contribution in [-0.2, 0) is 0 Å². The molecule has 1 fully saturated rings. The van der Waals surface area contributed by atoms with E-state index in [1.54, 1.807) is 5.48 Å². The Morgan fingerprint density at radius 1 is 1.22 bits per heavy atom. The quantitative estimate of drug-likeness (QED) is 0.505. The number of rotatable bonds is 6. The topological polar surface area (TPSA) is 102 Å². The minimum Gasteiger partial charge on any atom is -0.394 e. The van der Waals surface area contributed by atoms with Gasteiger partial charge in [0, 0.05) is 38.6 Å². The summed E-state index contributed by atoms with van der Waals surface area (Å²) < 4.78 is 0. The van der Waals surface area contributed by atoms with Gasteiger partial charge in [-0.15, -0.1) is 0 Å². The van der Waals surface area contributed by atoms with Gasteiger partial charge in [0.15, 0.2) is 0 Å². The molecule has 3 rings (SSSR count). The Kier molecular flexibility index (Phi) is 6.69. The molecule has 8 nitrogen and oxygen atoms in total. The molecule has 1 aromatic rings. The van der Waals surface area contributed by atoms with Crippen molar-refractivity contribution >= 4 is 11.9 Å². The number of aliphatic hydroxyl groups excluding tert-OH is 1. The van der Waals surface area contributed by atoms with Crippen molar-refractivity contribution in [1.82, 2.24) is 20.3 Å². The summed E-state index contributed by atoms with van der Waals surface area (Å²) in [5, 5.41) is 18.4. The molecule has 1 amide bonds. The SMILES string of the molecule is O=C(NO)c1cnc(N2CCN([C@@H](/C=C/C3=CCCC=C3)CO)CC2)nc1. The Morgan fingerprint density at radius 3 is 2.56 bits per heavy atom. The molecule has 8 heteroatoms. The average Bonchev–Trinajstić information content (AvgIpc) is 2.75. The van der Waals surface area contributed by atoms with Crippen LogP contribution in [0.4, 0.5) is 5.95 Å². The fourth-order valence-electron chi connectivity index (χ4n) is 3.20. The number of carbonyl (C=O) groups excluding carboxylic acids is 1. The third-order valence-electron chi connectivity index (χ3n) is 4.79. The summed E-state index contributed by atoms with van der Waals surface area (Å²) in [6, 6.07) is -0.0140. The van der Waals surface area contributed by atoms with Gasteiger partial charge in [0.1, 0.15) is 0 Å². The molecule has 0 aromatic carbocycles. The lowest BCUT2D eigenvalue weighted by Crippen LogP contribution is -2.51. The van der Waals surface area contributed by atoms with Crippen LogP contribution in [-0.4, -0.2) is 69.9 Å². The number of hydrogen-bond donors (Lipinski definition) is 3. The van der Waals surface area contributed by atoms with Crippen molar-refractivity contribution in [3.63, 3.8) is 0 Å². The van der Waals surface area contributed by atoms with E-state index in [1.807, 2.05) is 4.90 Å². The normalized spacial score (nSPS) is 19.2. The second-order valence-electron chi connectivity index (χ2n) is 6.53. The Bertz CT molecular complexity index is 721. The lowest BCUT2D eigenvalue weighted by Gasteiger charge is -2.37. The number of nitrogens with one attached hydrogen (secondary N) is 1. The molecule has 1 aliphatic heterocycles. The lowest BCUT2D eigenvalue weighted by atomic mass is 10.1. The van der Waals surface area contributed by atoms with Crippen LogP contribution in [0.1, 0.15) is 23.2 Å². The van der Waals surface area contributed by atoms with Gasteiger partial charge in [-0.05, 0) is 18.4 Å². The molecule has 144 valence electrons. The van der Waals surface area contributed by atoms with Gasteiger partial charge in [-0.1, -0.05) is 30.4 Å². The second kappa shape index (κ2) is 9.40. The van der Waals surface area contributed by atoms with Gasteiger partial charge in [0.2, 0.25) is 5.95 Å². The number of hydrogen-bond acceptors (Lipinski definition) is 7. The number of piperazine rings is 1. The van der Waals surface area contributed by atoms with Gasteiger partial charge in [0.05, 0.1) is 18.2 Å². The first kappa shape index (κ1) is 19.2. The maximum atomic E-state index is 11.3. The molecule has 1 aliphatic carbocycles. The van der Waals surface area contributed by atoms with Crippen molar-refractivity contribution in [2.75, 3.05) is 37.7 Å². The average molecular weight is 371 g/mol. The number of carbonyl (C=O) groups is 1. The molecule has 1 aromatic heterocycles. The number of amides is 1. The first-order valence-corrected chi connectivity index (χ1v) is 9.12. The summed E-state index contributed by atoms with van der Waals surface area (Å²) in [4.78, 5) is 24.0. The van der Waals surface area contributed by atoms with Crippen LogP contribution in [0.25, 0.3) is 0 Å². The standard InChI is InChI=1S/C19H25N5O3/c25-14-17(7-6-15-4-2-1-3-5-15)23-8-10-24(11-9-23)19-20-12-16(13-21-19)18(26)22-27/h2,4-7,12-13,17,25,27H,1,3,8-11,14H2,(H,22,26)/b7-6+/t17-/m0/s1. The van der Waals surface area contributed by atoms with E-state index in [4.69, 9.17) is 5.21 Å². The predicted molar refractivity (Wildman–Crippen MR) is 102 cm³/mol. The highest BCUT2D eigenvalue weighted by molar-refractivity contribution is 5.92. The van der Waals surface area contributed by atoms with E-state index in [2.05, 4.69) is 45.2 Å². The third-order valence-corrected chi connectivity index (χ3v) is 4.79. The molecule has 0 bridgehead atoms. The third kappa shape index (κ3) is 5.00. The van der Waals surface area contributed by atoms with Crippen LogP contribution >= 0.6 is 0 Å². The minimum atomic E-state index is -0.633. The van der Waals surface area contributed by atoms with Crippen molar-refractivity contribution in [1.29, 1.82) is 0 Å². The zero-order valence-electron chi connectivity index (χ0n) is 15.2. The van der Waals surface area contributed by atoms with E-state index >= 15 is 0 Å². The maximum Gasteiger partial charge on any atom is 0.277 e. The molecule has 27 heavy (non-hydrogen) atoms. The number of aliphatic hydroxyl groups is 1. The smallest absolute Gasteiger partial charge is 0.277 e. The molecular formula is C19H25N5O3. The molecule has 2 heterocycles. The molecule has 0 unspecified atom stereocenters. The van der Waals surface area contributed by atoms with E-state index in [0.717, 1.165) is 39.0 Å². The molecule has 0 spiro atoms. The number of aromatic nitrogens is 2. The number of hydroxylamine groups is 1. The first-order valence-electron chi connectivity index (χ1n) is 9.12. The van der Waals surface area contributed by atoms with Crippen LogP contribution in [0.5, 0.6) is 0 Å². The van der Waals surface area contributed by atoms with Gasteiger partial charge in [0.25, 0.3) is 5.91 Å². The summed E-state index contributed by atoms with van der Waals surface area (Å²) >= 11 is 0. The number of anilines is 1. The molecule has 0 radical (unpaired) electrons. The van der Waals surface area contributed by atoms with Gasteiger partial charge in [-0.3, -0.25) is 14.9 Å². The molecule has 1 saturated heterocycles. The minimum absolute atomic E-state index is 0.0140. The van der Waals surface area contributed by atoms with Gasteiger partial charge in [-0.25, -0.2) is 15.4 Å². The lowest BCUT2D eigenvalue weighted by molar-refractivity contribution is 0.0705. The molecule has 3 N–H and O–H groups in total. The van der Waals surface area contributed by atoms with Crippen LogP contribution in [0.15, 0.2) is 48.3 Å². The fraction of sp³-hybridized carbons (Fsp3) is 0.421. The largest absolute Gasteiger partial charge is 0.394 e. The highest BCUT2D eigenvalue weighted by atomic mass is 16.5. The molecule has 0 saturated carbocycles. The van der Waals surface area contributed by atoms with E-state index < -0.39 is 5.91 Å². The van der Waals surface area contributed by atoms with Gasteiger partial charge < -0.3 is 10.0 Å². The zero-order chi connectivity index (χ0) is 19.1. The summed E-state index contributed by atoms with van der Waals surface area (Å²) in [6.45, 7) is 3.12. The Hall–Kier alpha value is -2.55. The summed E-state index contributed by atoms with van der Waals surface area (Å²) in [6.07, 6.45) is 15.6. The molecule has 2 aliphatic rings. The second-order valence-corrected chi connectivity index (χ2v) is 6.53. The Balaban J connectivity index is 1.55. The Labute approximate surface area is 158 Å². The summed E-state index contributed by atoms with van der Waals surface area (Å²) in [7, 11) is 0. The van der Waals surface area contributed by atoms with E-state index in [9.17, 15) is 9.90 Å². The van der Waals surface area contributed by atoms with E-state index in [-0.39, 0.29) is 18.2 Å². The first-order chi connectivity index (χ1) is 13.2. The Morgan fingerprint density at radius 2 is 1.96 bits per heavy atom. The van der Waals surface area contributed by atoms with Crippen LogP contribution < -0.4 is 10.4 Å². The number of allylic oxidation sites excluding steroid dienone is 5. The van der Waals surface area contributed by atoms with E-state index in [1.165, 1.54) is 18.0 Å². The van der Waals surface area contributed by atoms with Crippen LogP contribution in [0.3, 0.4) is 0 Å². The predicted octanol–water partition coefficient (Wildman–Crippen LogP) is 0.911. The van der Waals surface area contributed by atoms with Crippen molar-refractivity contribution in [3.05, 3.63) is 53.9 Å². The van der Waals surface area contributed by atoms with Crippen molar-refractivity contribution in [3.8, 4) is 0 Å². The zero-order valence-corrected chi connectivity index (χ0v) is 15.2. The highest BCUT2D eigenvalue weighted by Crippen LogP contribution is 2.15. The maximum absolute atomic E-state index is 11.3. The fourth-order valence-corrected chi connectivity index (χ4v) is 3.20. The summed E-state index contributed by atoms with van der Waals surface area (Å²) in [5.41, 5.74) is 2.96. The van der Waals surface area contributed by atoms with E-state index in [0.29, 0.717) is 5.95 Å².